The van der Waals surface area contributed by atoms with Crippen molar-refractivity contribution < 1.29 is 33.3 Å². The van der Waals surface area contributed by atoms with Gasteiger partial charge in [-0.25, -0.2) is 4.79 Å². The number of carbonyl (C=O) groups is 2. The van der Waals surface area contributed by atoms with Crippen molar-refractivity contribution in [1.29, 1.82) is 0 Å². The van der Waals surface area contributed by atoms with Gasteiger partial charge in [-0.1, -0.05) is 0 Å². The summed E-state index contributed by atoms with van der Waals surface area (Å²) >= 11 is 0. The Morgan fingerprint density at radius 1 is 0.931 bits per heavy atom. The normalized spacial score (nSPS) is 12.1. The standard InChI is InChI=1S/C20H36N2O7/c1-6-8-17(22-19(24)29-20(3,4)5)18(23)21-9-10-26-13-14-28-16-15-27-12-11-25-7-2/h1,17H,7-16H2,2-5H3,(H,21,23)(H,22,24)/t17-/m0/s1. The Hall–Kier alpha value is -1.86. The fraction of sp³-hybridized carbons (Fsp3) is 0.800. The third kappa shape index (κ3) is 17.9. The molecule has 0 spiro atoms. The maximum Gasteiger partial charge on any atom is 0.408 e. The number of terminal acetylenes is 1. The van der Waals surface area contributed by atoms with Gasteiger partial charge in [0.15, 0.2) is 0 Å². The molecule has 0 rings (SSSR count). The van der Waals surface area contributed by atoms with Crippen molar-refractivity contribution in [1.82, 2.24) is 10.6 Å². The minimum Gasteiger partial charge on any atom is -0.444 e. The van der Waals surface area contributed by atoms with Gasteiger partial charge in [0.2, 0.25) is 5.91 Å². The van der Waals surface area contributed by atoms with Crippen molar-refractivity contribution in [2.24, 2.45) is 0 Å². The van der Waals surface area contributed by atoms with Gasteiger partial charge in [0.05, 0.1) is 46.2 Å². The van der Waals surface area contributed by atoms with E-state index in [2.05, 4.69) is 16.6 Å². The minimum absolute atomic E-state index is 0.0619. The van der Waals surface area contributed by atoms with E-state index in [4.69, 9.17) is 30.1 Å². The highest BCUT2D eigenvalue weighted by molar-refractivity contribution is 5.85. The van der Waals surface area contributed by atoms with Crippen LogP contribution in [0.3, 0.4) is 0 Å². The predicted octanol–water partition coefficient (Wildman–Crippen LogP) is 1.11. The molecule has 9 nitrogen and oxygen atoms in total. The van der Waals surface area contributed by atoms with Crippen molar-refractivity contribution in [2.45, 2.75) is 45.8 Å². The first-order valence-electron chi connectivity index (χ1n) is 9.81. The van der Waals surface area contributed by atoms with E-state index in [0.29, 0.717) is 52.9 Å². The second kappa shape index (κ2) is 17.0. The Morgan fingerprint density at radius 2 is 1.45 bits per heavy atom. The van der Waals surface area contributed by atoms with E-state index < -0.39 is 23.6 Å². The molecule has 2 N–H and O–H groups in total. The maximum atomic E-state index is 12.2. The molecule has 0 heterocycles. The minimum atomic E-state index is -0.860. The Balaban J connectivity index is 3.76. The lowest BCUT2D eigenvalue weighted by molar-refractivity contribution is -0.123. The van der Waals surface area contributed by atoms with Crippen molar-refractivity contribution in [3.8, 4) is 12.3 Å². The molecule has 0 bridgehead atoms. The highest BCUT2D eigenvalue weighted by atomic mass is 16.6. The summed E-state index contributed by atoms with van der Waals surface area (Å²) in [4.78, 5) is 24.0. The molecule has 0 aliphatic rings. The quantitative estimate of drug-likeness (QED) is 0.287. The Labute approximate surface area is 174 Å². The van der Waals surface area contributed by atoms with E-state index in [1.54, 1.807) is 20.8 Å². The van der Waals surface area contributed by atoms with Crippen LogP contribution < -0.4 is 10.6 Å². The van der Waals surface area contributed by atoms with Crippen LogP contribution in [-0.2, 0) is 28.5 Å². The van der Waals surface area contributed by atoms with Gasteiger partial charge in [-0.05, 0) is 27.7 Å². The van der Waals surface area contributed by atoms with Crippen LogP contribution in [0.1, 0.15) is 34.1 Å². The molecule has 29 heavy (non-hydrogen) atoms. The molecule has 2 amide bonds. The number of nitrogens with one attached hydrogen (secondary N) is 2. The number of ether oxygens (including phenoxy) is 5. The second-order valence-electron chi connectivity index (χ2n) is 6.93. The van der Waals surface area contributed by atoms with Gasteiger partial charge >= 0.3 is 6.09 Å². The number of hydrogen-bond acceptors (Lipinski definition) is 7. The molecule has 0 fully saturated rings. The molecule has 0 aliphatic carbocycles. The first kappa shape index (κ1) is 27.1. The van der Waals surface area contributed by atoms with Crippen LogP contribution >= 0.6 is 0 Å². The van der Waals surface area contributed by atoms with Crippen LogP contribution in [-0.4, -0.2) is 83.0 Å². The summed E-state index contributed by atoms with van der Waals surface area (Å²) in [6.07, 6.45) is 4.64. The average molecular weight is 417 g/mol. The fourth-order valence-electron chi connectivity index (χ4n) is 1.95. The van der Waals surface area contributed by atoms with Crippen LogP contribution in [0.15, 0.2) is 0 Å². The summed E-state index contributed by atoms with van der Waals surface area (Å²) in [6.45, 7) is 11.4. The van der Waals surface area contributed by atoms with Gasteiger partial charge in [-0.15, -0.1) is 12.3 Å². The van der Waals surface area contributed by atoms with Gasteiger partial charge in [0.25, 0.3) is 0 Å². The maximum absolute atomic E-state index is 12.2. The lowest BCUT2D eigenvalue weighted by Gasteiger charge is -2.22. The lowest BCUT2D eigenvalue weighted by Crippen LogP contribution is -2.48. The zero-order valence-electron chi connectivity index (χ0n) is 18.1. The number of carbonyl (C=O) groups excluding carboxylic acids is 2. The Morgan fingerprint density at radius 3 is 1.93 bits per heavy atom. The van der Waals surface area contributed by atoms with Crippen molar-refractivity contribution in [3.63, 3.8) is 0 Å². The molecule has 0 unspecified atom stereocenters. The zero-order valence-corrected chi connectivity index (χ0v) is 18.1. The summed E-state index contributed by atoms with van der Waals surface area (Å²) in [5.74, 6) is 1.98. The largest absolute Gasteiger partial charge is 0.444 e. The second-order valence-corrected chi connectivity index (χ2v) is 6.93. The first-order valence-corrected chi connectivity index (χ1v) is 9.81. The Kier molecular flexibility index (Phi) is 15.9. The van der Waals surface area contributed by atoms with E-state index in [-0.39, 0.29) is 13.0 Å². The summed E-state index contributed by atoms with van der Waals surface area (Å²) in [7, 11) is 0. The molecule has 0 aromatic heterocycles. The lowest BCUT2D eigenvalue weighted by atomic mass is 10.2. The summed E-state index contributed by atoms with van der Waals surface area (Å²) < 4.78 is 26.3. The summed E-state index contributed by atoms with van der Waals surface area (Å²) in [5.41, 5.74) is -0.660. The predicted molar refractivity (Wildman–Crippen MR) is 109 cm³/mol. The third-order valence-corrected chi connectivity index (χ3v) is 3.20. The third-order valence-electron chi connectivity index (χ3n) is 3.20. The van der Waals surface area contributed by atoms with Crippen LogP contribution in [0.2, 0.25) is 0 Å². The van der Waals surface area contributed by atoms with E-state index in [9.17, 15) is 9.59 Å². The van der Waals surface area contributed by atoms with E-state index in [1.165, 1.54) is 0 Å². The smallest absolute Gasteiger partial charge is 0.408 e. The molecular formula is C20H36N2O7. The average Bonchev–Trinajstić information content (AvgIpc) is 2.63. The molecule has 0 aromatic rings. The van der Waals surface area contributed by atoms with Crippen molar-refractivity contribution in [3.05, 3.63) is 0 Å². The van der Waals surface area contributed by atoms with Crippen molar-refractivity contribution >= 4 is 12.0 Å². The van der Waals surface area contributed by atoms with Crippen LogP contribution in [0.5, 0.6) is 0 Å². The zero-order chi connectivity index (χ0) is 22.0. The van der Waals surface area contributed by atoms with Crippen molar-refractivity contribution in [2.75, 3.05) is 59.4 Å². The summed E-state index contributed by atoms with van der Waals surface area (Å²) in [6, 6.07) is -0.860. The first-order chi connectivity index (χ1) is 13.8. The van der Waals surface area contributed by atoms with Crippen LogP contribution in [0, 0.1) is 12.3 Å². The molecule has 0 saturated carbocycles. The highest BCUT2D eigenvalue weighted by Gasteiger charge is 2.23. The highest BCUT2D eigenvalue weighted by Crippen LogP contribution is 2.07. The molecule has 0 aliphatic heterocycles. The van der Waals surface area contributed by atoms with Gasteiger partial charge < -0.3 is 34.3 Å². The van der Waals surface area contributed by atoms with Gasteiger partial charge in [-0.3, -0.25) is 4.79 Å². The summed E-state index contributed by atoms with van der Waals surface area (Å²) in [5, 5.41) is 5.14. The monoisotopic (exact) mass is 416 g/mol. The Bertz CT molecular complexity index is 486. The molecule has 1 atom stereocenters. The number of rotatable bonds is 16. The number of alkyl carbamates (subject to hydrolysis) is 1. The molecule has 9 heteroatoms. The van der Waals surface area contributed by atoms with E-state index in [0.717, 1.165) is 0 Å². The number of amides is 2. The molecular weight excluding hydrogens is 380 g/mol. The SMILES string of the molecule is C#CC[C@H](NC(=O)OC(C)(C)C)C(=O)NCCOCCOCCOCCOCC. The number of hydrogen-bond donors (Lipinski definition) is 2. The molecule has 0 saturated heterocycles. The fourth-order valence-corrected chi connectivity index (χ4v) is 1.95. The molecule has 0 aromatic carbocycles. The van der Waals surface area contributed by atoms with Gasteiger partial charge in [0.1, 0.15) is 11.6 Å². The van der Waals surface area contributed by atoms with Crippen LogP contribution in [0.4, 0.5) is 4.79 Å². The van der Waals surface area contributed by atoms with Gasteiger partial charge in [0, 0.05) is 19.6 Å². The van der Waals surface area contributed by atoms with E-state index >= 15 is 0 Å². The van der Waals surface area contributed by atoms with E-state index in [1.807, 2.05) is 6.92 Å². The van der Waals surface area contributed by atoms with Crippen LogP contribution in [0.25, 0.3) is 0 Å². The molecule has 0 radical (unpaired) electrons. The van der Waals surface area contributed by atoms with Gasteiger partial charge in [-0.2, -0.15) is 0 Å². The molecule has 168 valence electrons. The topological polar surface area (TPSA) is 104 Å².